The molecule has 0 spiro atoms. The number of amides is 2. The molecule has 0 bridgehead atoms. The number of imide groups is 1. The van der Waals surface area contributed by atoms with Crippen LogP contribution in [0.4, 0.5) is 4.79 Å². The maximum absolute atomic E-state index is 12.2. The lowest BCUT2D eigenvalue weighted by molar-refractivity contribution is -0.143. The number of methoxy groups -OCH3 is 1. The Kier molecular flexibility index (Phi) is 5.84. The Morgan fingerprint density at radius 3 is 2.74 bits per heavy atom. The van der Waals surface area contributed by atoms with Gasteiger partial charge in [0.2, 0.25) is 0 Å². The molecule has 0 unspecified atom stereocenters. The fourth-order valence-electron chi connectivity index (χ4n) is 1.86. The summed E-state index contributed by atoms with van der Waals surface area (Å²) in [6.07, 6.45) is 1.60. The van der Waals surface area contributed by atoms with Gasteiger partial charge in [-0.1, -0.05) is 6.07 Å². The molecule has 1 aliphatic heterocycles. The highest BCUT2D eigenvalue weighted by Gasteiger charge is 2.36. The summed E-state index contributed by atoms with van der Waals surface area (Å²) in [5.74, 6) is -0.448. The van der Waals surface area contributed by atoms with Crippen LogP contribution in [-0.2, 0) is 14.3 Å². The maximum atomic E-state index is 12.2. The Labute approximate surface area is 145 Å². The zero-order valence-corrected chi connectivity index (χ0v) is 14.9. The number of esters is 1. The lowest BCUT2D eigenvalue weighted by Gasteiger charge is -2.09. The third-order valence-electron chi connectivity index (χ3n) is 2.94. The second-order valence-corrected chi connectivity index (χ2v) is 6.31. The molecule has 2 amide bonds. The van der Waals surface area contributed by atoms with E-state index in [0.717, 1.165) is 26.7 Å². The minimum Gasteiger partial charge on any atom is -0.493 e. The van der Waals surface area contributed by atoms with Gasteiger partial charge in [0.1, 0.15) is 12.3 Å². The van der Waals surface area contributed by atoms with E-state index >= 15 is 0 Å². The molecule has 0 N–H and O–H groups in total. The number of carbonyl (C=O) groups is 3. The first-order valence-corrected chi connectivity index (χ1v) is 8.31. The van der Waals surface area contributed by atoms with Crippen molar-refractivity contribution < 1.29 is 23.9 Å². The van der Waals surface area contributed by atoms with Crippen LogP contribution in [0.5, 0.6) is 5.75 Å². The van der Waals surface area contributed by atoms with Gasteiger partial charge in [0.05, 0.1) is 23.1 Å². The number of ether oxygens (including phenoxy) is 2. The molecule has 1 heterocycles. The molecule has 6 nitrogen and oxygen atoms in total. The second-order valence-electron chi connectivity index (χ2n) is 4.47. The number of hydrogen-bond donors (Lipinski definition) is 0. The van der Waals surface area contributed by atoms with E-state index in [4.69, 9.17) is 4.74 Å². The first-order valence-electron chi connectivity index (χ1n) is 6.70. The summed E-state index contributed by atoms with van der Waals surface area (Å²) in [5.41, 5.74) is 0.740. The van der Waals surface area contributed by atoms with Crippen LogP contribution in [0.2, 0.25) is 0 Å². The van der Waals surface area contributed by atoms with Crippen molar-refractivity contribution in [1.29, 1.82) is 0 Å². The molecule has 0 saturated carbocycles. The fourth-order valence-corrected chi connectivity index (χ4v) is 3.21. The summed E-state index contributed by atoms with van der Waals surface area (Å²) in [4.78, 5) is 36.4. The van der Waals surface area contributed by atoms with Crippen molar-refractivity contribution in [2.75, 3.05) is 20.3 Å². The van der Waals surface area contributed by atoms with E-state index in [1.165, 1.54) is 7.11 Å². The highest BCUT2D eigenvalue weighted by Crippen LogP contribution is 2.33. The SMILES string of the molecule is CCOc1ccc(/C=C2\SC(=O)N(CC(=O)OC)C2=O)cc1Br. The third-order valence-corrected chi connectivity index (χ3v) is 4.47. The van der Waals surface area contributed by atoms with Crippen molar-refractivity contribution in [2.24, 2.45) is 0 Å². The van der Waals surface area contributed by atoms with E-state index in [-0.39, 0.29) is 11.4 Å². The highest BCUT2D eigenvalue weighted by molar-refractivity contribution is 9.10. The first-order chi connectivity index (χ1) is 11.0. The molecule has 1 fully saturated rings. The van der Waals surface area contributed by atoms with Crippen LogP contribution in [-0.4, -0.2) is 42.3 Å². The second kappa shape index (κ2) is 7.65. The van der Waals surface area contributed by atoms with E-state index in [1.54, 1.807) is 24.3 Å². The number of rotatable bonds is 5. The molecule has 1 aromatic rings. The van der Waals surface area contributed by atoms with Gasteiger partial charge in [0, 0.05) is 0 Å². The minimum atomic E-state index is -0.641. The Balaban J connectivity index is 2.20. The molecule has 0 aromatic heterocycles. The molecular formula is C15H14BrNO5S. The first kappa shape index (κ1) is 17.6. The predicted molar refractivity (Wildman–Crippen MR) is 90.0 cm³/mol. The predicted octanol–water partition coefficient (Wildman–Crippen LogP) is 3.06. The van der Waals surface area contributed by atoms with Crippen molar-refractivity contribution in [1.82, 2.24) is 4.90 Å². The third kappa shape index (κ3) is 4.14. The van der Waals surface area contributed by atoms with E-state index in [9.17, 15) is 14.4 Å². The van der Waals surface area contributed by atoms with Crippen LogP contribution in [0.1, 0.15) is 12.5 Å². The van der Waals surface area contributed by atoms with Gasteiger partial charge in [-0.05, 0) is 58.4 Å². The molecule has 1 aromatic carbocycles. The number of thioether (sulfide) groups is 1. The van der Waals surface area contributed by atoms with E-state index in [1.807, 2.05) is 6.92 Å². The zero-order valence-electron chi connectivity index (χ0n) is 12.5. The quantitative estimate of drug-likeness (QED) is 0.559. The van der Waals surface area contributed by atoms with Crippen molar-refractivity contribution in [3.8, 4) is 5.75 Å². The van der Waals surface area contributed by atoms with E-state index in [0.29, 0.717) is 12.4 Å². The van der Waals surface area contributed by atoms with Crippen molar-refractivity contribution in [3.63, 3.8) is 0 Å². The molecule has 0 aliphatic carbocycles. The van der Waals surface area contributed by atoms with Crippen molar-refractivity contribution in [3.05, 3.63) is 33.1 Å². The Morgan fingerprint density at radius 1 is 1.39 bits per heavy atom. The number of carbonyl (C=O) groups excluding carboxylic acids is 3. The van der Waals surface area contributed by atoms with Crippen LogP contribution in [0, 0.1) is 0 Å². The molecule has 8 heteroatoms. The molecule has 1 saturated heterocycles. The molecule has 0 radical (unpaired) electrons. The number of hydrogen-bond acceptors (Lipinski definition) is 6. The summed E-state index contributed by atoms with van der Waals surface area (Å²) >= 11 is 4.19. The Hall–Kier alpha value is -1.80. The van der Waals surface area contributed by atoms with Gasteiger partial charge in [-0.3, -0.25) is 19.3 Å². The van der Waals surface area contributed by atoms with Gasteiger partial charge < -0.3 is 9.47 Å². The lowest BCUT2D eigenvalue weighted by Crippen LogP contribution is -2.34. The molecule has 122 valence electrons. The molecule has 1 aliphatic rings. The number of halogens is 1. The Morgan fingerprint density at radius 2 is 2.13 bits per heavy atom. The molecule has 0 atom stereocenters. The lowest BCUT2D eigenvalue weighted by atomic mass is 10.2. The summed E-state index contributed by atoms with van der Waals surface area (Å²) in [7, 11) is 1.20. The molecule has 23 heavy (non-hydrogen) atoms. The van der Waals surface area contributed by atoms with Crippen LogP contribution in [0.25, 0.3) is 6.08 Å². The summed E-state index contributed by atoms with van der Waals surface area (Å²) in [5, 5.41) is -0.489. The van der Waals surface area contributed by atoms with E-state index in [2.05, 4.69) is 20.7 Å². The van der Waals surface area contributed by atoms with E-state index < -0.39 is 17.1 Å². The summed E-state index contributed by atoms with van der Waals surface area (Å²) in [6, 6.07) is 5.35. The van der Waals surface area contributed by atoms with Crippen LogP contribution in [0.15, 0.2) is 27.6 Å². The fraction of sp³-hybridized carbons (Fsp3) is 0.267. The topological polar surface area (TPSA) is 72.9 Å². The van der Waals surface area contributed by atoms with Crippen molar-refractivity contribution >= 4 is 50.9 Å². The van der Waals surface area contributed by atoms with Gasteiger partial charge in [0.15, 0.2) is 0 Å². The normalized spacial score (nSPS) is 16.1. The average molecular weight is 400 g/mol. The van der Waals surface area contributed by atoms with Gasteiger partial charge >= 0.3 is 5.97 Å². The zero-order chi connectivity index (χ0) is 17.0. The molecular weight excluding hydrogens is 386 g/mol. The number of nitrogens with zero attached hydrogens (tertiary/aromatic N) is 1. The van der Waals surface area contributed by atoms with Crippen molar-refractivity contribution in [2.45, 2.75) is 6.92 Å². The summed E-state index contributed by atoms with van der Waals surface area (Å²) in [6.45, 7) is 2.05. The van der Waals surface area contributed by atoms with Crippen LogP contribution < -0.4 is 4.74 Å². The smallest absolute Gasteiger partial charge is 0.325 e. The Bertz CT molecular complexity index is 688. The standard InChI is InChI=1S/C15H14BrNO5S/c1-3-22-11-5-4-9(6-10(11)16)7-12-14(19)17(15(20)23-12)8-13(18)21-2/h4-7H,3,8H2,1-2H3/b12-7-. The van der Waals surface area contributed by atoms with Gasteiger partial charge in [0.25, 0.3) is 11.1 Å². The molecule has 2 rings (SSSR count). The maximum Gasteiger partial charge on any atom is 0.325 e. The van der Waals surface area contributed by atoms with Gasteiger partial charge in [-0.15, -0.1) is 0 Å². The average Bonchev–Trinajstić information content (AvgIpc) is 2.77. The highest BCUT2D eigenvalue weighted by atomic mass is 79.9. The monoisotopic (exact) mass is 399 g/mol. The number of benzene rings is 1. The largest absolute Gasteiger partial charge is 0.493 e. The van der Waals surface area contributed by atoms with Gasteiger partial charge in [-0.25, -0.2) is 0 Å². The van der Waals surface area contributed by atoms with Crippen LogP contribution >= 0.6 is 27.7 Å². The minimum absolute atomic E-state index is 0.259. The van der Waals surface area contributed by atoms with Crippen LogP contribution in [0.3, 0.4) is 0 Å². The summed E-state index contributed by atoms with van der Waals surface area (Å²) < 4.78 is 10.7. The van der Waals surface area contributed by atoms with Gasteiger partial charge in [-0.2, -0.15) is 0 Å².